The zero-order chi connectivity index (χ0) is 17.1. The van der Waals surface area contributed by atoms with Gasteiger partial charge < -0.3 is 14.5 Å². The lowest BCUT2D eigenvalue weighted by molar-refractivity contribution is -0.129. The summed E-state index contributed by atoms with van der Waals surface area (Å²) in [6.07, 6.45) is 3.15. The van der Waals surface area contributed by atoms with Crippen LogP contribution in [-0.4, -0.2) is 24.0 Å². The number of nitrogens with one attached hydrogen (secondary N) is 1. The highest BCUT2D eigenvalue weighted by Crippen LogP contribution is 2.18. The number of hydrogen-bond donors (Lipinski definition) is 1. The molecule has 1 fully saturated rings. The average Bonchev–Trinajstić information content (AvgIpc) is 3.07. The Bertz CT molecular complexity index is 820. The molecule has 0 bridgehead atoms. The van der Waals surface area contributed by atoms with E-state index in [4.69, 9.17) is 9.15 Å². The van der Waals surface area contributed by atoms with Crippen LogP contribution in [0.15, 0.2) is 39.5 Å². The van der Waals surface area contributed by atoms with E-state index in [1.807, 2.05) is 0 Å². The van der Waals surface area contributed by atoms with Crippen LogP contribution in [0.3, 0.4) is 0 Å². The van der Waals surface area contributed by atoms with E-state index in [1.165, 1.54) is 6.92 Å². The van der Waals surface area contributed by atoms with Gasteiger partial charge in [0, 0.05) is 12.1 Å². The summed E-state index contributed by atoms with van der Waals surface area (Å²) < 4.78 is 10.5. The Morgan fingerprint density at radius 2 is 1.96 bits per heavy atom. The van der Waals surface area contributed by atoms with Crippen molar-refractivity contribution in [3.05, 3.63) is 46.3 Å². The molecule has 0 saturated heterocycles. The third-order valence-corrected chi connectivity index (χ3v) is 4.19. The van der Waals surface area contributed by atoms with Gasteiger partial charge >= 0.3 is 5.97 Å². The molecule has 3 rings (SSSR count). The SMILES string of the molecule is CC(OC(=O)c1cc(=O)c2ccccc2o1)C(=O)NC1CCCC1. The molecule has 1 unspecified atom stereocenters. The third-order valence-electron chi connectivity index (χ3n) is 4.19. The smallest absolute Gasteiger partial charge is 0.375 e. The second-order valence-electron chi connectivity index (χ2n) is 6.01. The molecule has 0 spiro atoms. The summed E-state index contributed by atoms with van der Waals surface area (Å²) in [5.74, 6) is -1.37. The summed E-state index contributed by atoms with van der Waals surface area (Å²) in [5.41, 5.74) is -0.0214. The first-order valence-corrected chi connectivity index (χ1v) is 8.09. The fraction of sp³-hybridized carbons (Fsp3) is 0.389. The molecule has 1 aromatic carbocycles. The first kappa shape index (κ1) is 16.2. The lowest BCUT2D eigenvalue weighted by atomic mass is 10.2. The van der Waals surface area contributed by atoms with E-state index in [2.05, 4.69) is 5.32 Å². The summed E-state index contributed by atoms with van der Waals surface area (Å²) in [7, 11) is 0. The van der Waals surface area contributed by atoms with E-state index in [-0.39, 0.29) is 23.1 Å². The Balaban J connectivity index is 1.70. The van der Waals surface area contributed by atoms with E-state index >= 15 is 0 Å². The van der Waals surface area contributed by atoms with Crippen LogP contribution in [0.2, 0.25) is 0 Å². The Morgan fingerprint density at radius 3 is 2.71 bits per heavy atom. The number of benzene rings is 1. The van der Waals surface area contributed by atoms with E-state index in [0.717, 1.165) is 31.7 Å². The van der Waals surface area contributed by atoms with Crippen molar-refractivity contribution >= 4 is 22.8 Å². The van der Waals surface area contributed by atoms with Gasteiger partial charge in [0.1, 0.15) is 5.58 Å². The van der Waals surface area contributed by atoms with Gasteiger partial charge in [-0.25, -0.2) is 4.79 Å². The number of para-hydroxylation sites is 1. The first-order valence-electron chi connectivity index (χ1n) is 8.09. The van der Waals surface area contributed by atoms with E-state index in [0.29, 0.717) is 11.0 Å². The maximum atomic E-state index is 12.2. The third kappa shape index (κ3) is 3.48. The number of carbonyl (C=O) groups excluding carboxylic acids is 2. The summed E-state index contributed by atoms with van der Waals surface area (Å²) >= 11 is 0. The van der Waals surface area contributed by atoms with Gasteiger partial charge in [-0.15, -0.1) is 0 Å². The molecule has 1 amide bonds. The Morgan fingerprint density at radius 1 is 1.25 bits per heavy atom. The summed E-state index contributed by atoms with van der Waals surface area (Å²) in [5, 5.41) is 3.26. The van der Waals surface area contributed by atoms with Crippen LogP contribution < -0.4 is 10.7 Å². The van der Waals surface area contributed by atoms with Gasteiger partial charge in [-0.2, -0.15) is 0 Å². The predicted molar refractivity (Wildman–Crippen MR) is 87.8 cm³/mol. The molecule has 1 saturated carbocycles. The highest BCUT2D eigenvalue weighted by atomic mass is 16.6. The molecule has 0 aliphatic heterocycles. The van der Waals surface area contributed by atoms with Crippen molar-refractivity contribution in [1.29, 1.82) is 0 Å². The van der Waals surface area contributed by atoms with E-state index in [1.54, 1.807) is 24.3 Å². The topological polar surface area (TPSA) is 85.6 Å². The lowest BCUT2D eigenvalue weighted by Gasteiger charge is -2.16. The standard InChI is InChI=1S/C18H19NO5/c1-11(17(21)19-12-6-2-3-7-12)23-18(22)16-10-14(20)13-8-4-5-9-15(13)24-16/h4-5,8-12H,2-3,6-7H2,1H3,(H,19,21). The fourth-order valence-corrected chi connectivity index (χ4v) is 2.87. The highest BCUT2D eigenvalue weighted by molar-refractivity contribution is 5.91. The van der Waals surface area contributed by atoms with Gasteiger partial charge in [0.2, 0.25) is 5.76 Å². The van der Waals surface area contributed by atoms with Gasteiger partial charge in [0.05, 0.1) is 5.39 Å². The molecule has 1 heterocycles. The van der Waals surface area contributed by atoms with Crippen LogP contribution in [0.1, 0.15) is 43.2 Å². The van der Waals surface area contributed by atoms with Crippen molar-refractivity contribution in [2.45, 2.75) is 44.8 Å². The maximum absolute atomic E-state index is 12.2. The number of amides is 1. The average molecular weight is 329 g/mol. The minimum absolute atomic E-state index is 0.150. The predicted octanol–water partition coefficient (Wildman–Crippen LogP) is 2.40. The second-order valence-corrected chi connectivity index (χ2v) is 6.01. The summed E-state index contributed by atoms with van der Waals surface area (Å²) in [6.45, 7) is 1.50. The molecule has 6 heteroatoms. The Hall–Kier alpha value is -2.63. The molecule has 2 aromatic rings. The molecular formula is C18H19NO5. The van der Waals surface area contributed by atoms with Crippen molar-refractivity contribution in [1.82, 2.24) is 5.32 Å². The molecule has 24 heavy (non-hydrogen) atoms. The zero-order valence-corrected chi connectivity index (χ0v) is 13.4. The van der Waals surface area contributed by atoms with Gasteiger partial charge in [-0.3, -0.25) is 9.59 Å². The van der Waals surface area contributed by atoms with Gasteiger partial charge in [0.15, 0.2) is 11.5 Å². The molecule has 1 aliphatic rings. The molecular weight excluding hydrogens is 310 g/mol. The monoisotopic (exact) mass is 329 g/mol. The van der Waals surface area contributed by atoms with Crippen LogP contribution in [0.5, 0.6) is 0 Å². The number of ether oxygens (including phenoxy) is 1. The largest absolute Gasteiger partial charge is 0.449 e. The summed E-state index contributed by atoms with van der Waals surface area (Å²) in [4.78, 5) is 36.2. The molecule has 1 N–H and O–H groups in total. The molecule has 1 atom stereocenters. The number of rotatable bonds is 4. The Labute approximate surface area is 138 Å². The number of esters is 1. The van der Waals surface area contributed by atoms with Crippen molar-refractivity contribution in [2.24, 2.45) is 0 Å². The van der Waals surface area contributed by atoms with Crippen LogP contribution in [0.25, 0.3) is 11.0 Å². The number of hydrogen-bond acceptors (Lipinski definition) is 5. The first-order chi connectivity index (χ1) is 11.5. The lowest BCUT2D eigenvalue weighted by Crippen LogP contribution is -2.40. The summed E-state index contributed by atoms with van der Waals surface area (Å²) in [6, 6.07) is 7.88. The Kier molecular flexibility index (Phi) is 4.64. The van der Waals surface area contributed by atoms with E-state index in [9.17, 15) is 14.4 Å². The maximum Gasteiger partial charge on any atom is 0.375 e. The minimum Gasteiger partial charge on any atom is -0.449 e. The normalized spacial score (nSPS) is 16.0. The highest BCUT2D eigenvalue weighted by Gasteiger charge is 2.24. The molecule has 1 aromatic heterocycles. The van der Waals surface area contributed by atoms with Gasteiger partial charge in [0.25, 0.3) is 5.91 Å². The quantitative estimate of drug-likeness (QED) is 0.871. The fourth-order valence-electron chi connectivity index (χ4n) is 2.87. The van der Waals surface area contributed by atoms with Crippen molar-refractivity contribution in [3.8, 4) is 0 Å². The van der Waals surface area contributed by atoms with Gasteiger partial charge in [-0.1, -0.05) is 25.0 Å². The van der Waals surface area contributed by atoms with Crippen LogP contribution in [0.4, 0.5) is 0 Å². The number of fused-ring (bicyclic) bond motifs is 1. The molecule has 0 radical (unpaired) electrons. The van der Waals surface area contributed by atoms with Crippen LogP contribution in [-0.2, 0) is 9.53 Å². The van der Waals surface area contributed by atoms with E-state index < -0.39 is 12.1 Å². The molecule has 126 valence electrons. The molecule has 6 nitrogen and oxygen atoms in total. The minimum atomic E-state index is -0.949. The van der Waals surface area contributed by atoms with Crippen LogP contribution >= 0.6 is 0 Å². The van der Waals surface area contributed by atoms with Crippen molar-refractivity contribution in [2.75, 3.05) is 0 Å². The van der Waals surface area contributed by atoms with Gasteiger partial charge in [-0.05, 0) is 31.9 Å². The van der Waals surface area contributed by atoms with Crippen LogP contribution in [0, 0.1) is 0 Å². The van der Waals surface area contributed by atoms with Crippen molar-refractivity contribution < 1.29 is 18.7 Å². The van der Waals surface area contributed by atoms with Crippen molar-refractivity contribution in [3.63, 3.8) is 0 Å². The number of carbonyl (C=O) groups is 2. The second kappa shape index (κ2) is 6.86. The molecule has 1 aliphatic carbocycles. The zero-order valence-electron chi connectivity index (χ0n) is 13.4.